The summed E-state index contributed by atoms with van der Waals surface area (Å²) in [5, 5.41) is 9.18. The van der Waals surface area contributed by atoms with Gasteiger partial charge in [-0.05, 0) is 77.3 Å². The van der Waals surface area contributed by atoms with Crippen LogP contribution in [0.1, 0.15) is 19.3 Å². The van der Waals surface area contributed by atoms with Gasteiger partial charge in [0.1, 0.15) is 0 Å². The molecule has 18 heteroatoms. The van der Waals surface area contributed by atoms with E-state index in [1.165, 1.54) is 0 Å². The third kappa shape index (κ3) is 11.9. The monoisotopic (exact) mass is 644 g/mol. The summed E-state index contributed by atoms with van der Waals surface area (Å²) >= 11 is 0. The number of hydrogen-bond donors (Lipinski definition) is 1. The van der Waals surface area contributed by atoms with Crippen LogP contribution in [0.2, 0.25) is 64.5 Å². The van der Waals surface area contributed by atoms with Crippen LogP contribution in [-0.2, 0) is 17.1 Å². The van der Waals surface area contributed by atoms with E-state index >= 15 is 0 Å². The molecule has 0 aliphatic heterocycles. The van der Waals surface area contributed by atoms with Gasteiger partial charge in [0.05, 0.1) is 6.61 Å². The predicted molar refractivity (Wildman–Crippen MR) is 135 cm³/mol. The van der Waals surface area contributed by atoms with E-state index in [4.69, 9.17) is 17.1 Å². The first-order chi connectivity index (χ1) is 16.6. The molecule has 0 fully saturated rings. The summed E-state index contributed by atoms with van der Waals surface area (Å²) in [6.07, 6.45) is -8.17. The van der Waals surface area contributed by atoms with Crippen LogP contribution in [-0.4, -0.2) is 82.6 Å². The van der Waals surface area contributed by atoms with Crippen molar-refractivity contribution in [3.05, 3.63) is 0 Å². The second-order valence-electron chi connectivity index (χ2n) is 11.4. The Morgan fingerprint density at radius 1 is 0.632 bits per heavy atom. The van der Waals surface area contributed by atoms with Gasteiger partial charge in [0, 0.05) is 19.6 Å². The standard InChI is InChI=1S/C20H41F9O5Si4/c1-35(2,3)32-37(6,7)34-38(8,33-36(4,5)15-9-12-30)16-10-13-31-14-11-17(21,22)18(23,24)19(25,26)20(27,28)29/h30H,9-16H2,1-8H3. The topological polar surface area (TPSA) is 57.2 Å². The van der Waals surface area contributed by atoms with Crippen LogP contribution in [0.5, 0.6) is 0 Å². The second-order valence-corrected chi connectivity index (χ2v) is 27.6. The summed E-state index contributed by atoms with van der Waals surface area (Å²) in [6.45, 7) is 14.1. The molecule has 0 radical (unpaired) electrons. The highest BCUT2D eigenvalue weighted by atomic mass is 28.5. The number of aliphatic hydroxyl groups is 1. The van der Waals surface area contributed by atoms with Crippen LogP contribution >= 0.6 is 0 Å². The van der Waals surface area contributed by atoms with Crippen LogP contribution in [0.15, 0.2) is 0 Å². The zero-order valence-electron chi connectivity index (χ0n) is 23.1. The van der Waals surface area contributed by atoms with Crippen molar-refractivity contribution >= 4 is 33.8 Å². The van der Waals surface area contributed by atoms with Gasteiger partial charge in [-0.15, -0.1) is 0 Å². The molecule has 0 aromatic rings. The van der Waals surface area contributed by atoms with Crippen molar-refractivity contribution in [1.82, 2.24) is 0 Å². The highest BCUT2D eigenvalue weighted by Gasteiger charge is 2.81. The number of hydrogen-bond acceptors (Lipinski definition) is 5. The zero-order valence-corrected chi connectivity index (χ0v) is 27.1. The average Bonchev–Trinajstić information content (AvgIpc) is 2.64. The molecule has 230 valence electrons. The SMILES string of the molecule is C[Si](C)(C)O[Si](C)(C)O[Si](C)(CCCOCCC(F)(F)C(F)(F)C(F)(F)C(F)(F)F)O[Si](C)(C)CCCO. The summed E-state index contributed by atoms with van der Waals surface area (Å²) in [7, 11) is -9.93. The first-order valence-electron chi connectivity index (χ1n) is 12.1. The molecular weight excluding hydrogens is 604 g/mol. The van der Waals surface area contributed by atoms with Gasteiger partial charge in [0.15, 0.2) is 16.6 Å². The molecule has 1 atom stereocenters. The van der Waals surface area contributed by atoms with E-state index < -0.39 is 70.7 Å². The summed E-state index contributed by atoms with van der Waals surface area (Å²) in [5.41, 5.74) is 0. The minimum Gasteiger partial charge on any atom is -0.437 e. The fourth-order valence-electron chi connectivity index (χ4n) is 3.90. The Kier molecular flexibility index (Phi) is 13.4. The second kappa shape index (κ2) is 13.3. The highest BCUT2D eigenvalue weighted by molar-refractivity contribution is 6.89. The summed E-state index contributed by atoms with van der Waals surface area (Å²) in [4.78, 5) is 0. The Morgan fingerprint density at radius 2 is 1.16 bits per heavy atom. The molecule has 0 aromatic heterocycles. The minimum atomic E-state index is -6.91. The maximum Gasteiger partial charge on any atom is 0.460 e. The first kappa shape index (κ1) is 38.0. The molecule has 38 heavy (non-hydrogen) atoms. The molecule has 0 heterocycles. The molecule has 0 amide bonds. The van der Waals surface area contributed by atoms with Crippen LogP contribution in [0.25, 0.3) is 0 Å². The lowest BCUT2D eigenvalue weighted by atomic mass is 10.0. The number of ether oxygens (including phenoxy) is 1. The van der Waals surface area contributed by atoms with Crippen LogP contribution in [0.4, 0.5) is 39.5 Å². The Labute approximate surface area is 223 Å². The lowest BCUT2D eigenvalue weighted by Gasteiger charge is -2.42. The maximum atomic E-state index is 13.7. The van der Waals surface area contributed by atoms with E-state index in [2.05, 4.69) is 0 Å². The highest BCUT2D eigenvalue weighted by Crippen LogP contribution is 2.54. The van der Waals surface area contributed by atoms with Crippen molar-refractivity contribution in [2.24, 2.45) is 0 Å². The maximum absolute atomic E-state index is 13.7. The van der Waals surface area contributed by atoms with Crippen LogP contribution in [0, 0.1) is 0 Å². The summed E-state index contributed by atoms with van der Waals surface area (Å²) in [6, 6.07) is 0.946. The van der Waals surface area contributed by atoms with Crippen molar-refractivity contribution in [3.8, 4) is 0 Å². The van der Waals surface area contributed by atoms with Crippen molar-refractivity contribution in [1.29, 1.82) is 0 Å². The molecule has 0 saturated heterocycles. The summed E-state index contributed by atoms with van der Waals surface area (Å²) < 4.78 is 141. The van der Waals surface area contributed by atoms with Gasteiger partial charge in [-0.1, -0.05) is 0 Å². The van der Waals surface area contributed by atoms with E-state index in [-0.39, 0.29) is 19.6 Å². The normalized spacial score (nSPS) is 16.6. The quantitative estimate of drug-likeness (QED) is 0.0952. The average molecular weight is 645 g/mol. The number of aliphatic hydroxyl groups excluding tert-OH is 1. The Bertz CT molecular complexity index is 735. The zero-order chi connectivity index (χ0) is 30.5. The molecule has 0 rings (SSSR count). The Balaban J connectivity index is 5.26. The number of halogens is 9. The third-order valence-electron chi connectivity index (χ3n) is 5.13. The number of rotatable bonds is 18. The third-order valence-corrected chi connectivity index (χ3v) is 20.0. The lowest BCUT2D eigenvalue weighted by Crippen LogP contribution is -2.61. The lowest BCUT2D eigenvalue weighted by molar-refractivity contribution is -0.397. The molecular formula is C20H41F9O5Si4. The fraction of sp³-hybridized carbons (Fsp3) is 1.00. The Morgan fingerprint density at radius 3 is 1.61 bits per heavy atom. The van der Waals surface area contributed by atoms with Crippen molar-refractivity contribution in [3.63, 3.8) is 0 Å². The van der Waals surface area contributed by atoms with Gasteiger partial charge >= 0.3 is 41.1 Å². The van der Waals surface area contributed by atoms with Crippen molar-refractivity contribution in [2.45, 2.75) is 108 Å². The summed E-state index contributed by atoms with van der Waals surface area (Å²) in [5.74, 6) is -19.2. The molecule has 5 nitrogen and oxygen atoms in total. The van der Waals surface area contributed by atoms with E-state index in [1.807, 2.05) is 52.4 Å². The van der Waals surface area contributed by atoms with Gasteiger partial charge in [0.25, 0.3) is 0 Å². The van der Waals surface area contributed by atoms with E-state index in [1.54, 1.807) is 0 Å². The molecule has 1 N–H and O–H groups in total. The van der Waals surface area contributed by atoms with E-state index in [0.29, 0.717) is 18.5 Å². The van der Waals surface area contributed by atoms with Crippen molar-refractivity contribution in [2.75, 3.05) is 19.8 Å². The van der Waals surface area contributed by atoms with E-state index in [9.17, 15) is 44.6 Å². The Hall–Kier alpha value is 0.0375. The first-order valence-corrected chi connectivity index (χ1v) is 24.0. The van der Waals surface area contributed by atoms with Crippen molar-refractivity contribution < 1.29 is 61.7 Å². The van der Waals surface area contributed by atoms with Gasteiger partial charge in [-0.3, -0.25) is 0 Å². The van der Waals surface area contributed by atoms with E-state index in [0.717, 1.165) is 0 Å². The molecule has 0 aromatic carbocycles. The van der Waals surface area contributed by atoms with Gasteiger partial charge in [0.2, 0.25) is 0 Å². The molecule has 0 bridgehead atoms. The molecule has 0 aliphatic rings. The predicted octanol–water partition coefficient (Wildman–Crippen LogP) is 7.50. The molecule has 1 unspecified atom stereocenters. The molecule has 0 saturated carbocycles. The fourth-order valence-corrected chi connectivity index (χ4v) is 22.7. The van der Waals surface area contributed by atoms with Crippen LogP contribution in [0.3, 0.4) is 0 Å². The van der Waals surface area contributed by atoms with Crippen LogP contribution < -0.4 is 0 Å². The molecule has 0 spiro atoms. The van der Waals surface area contributed by atoms with Gasteiger partial charge < -0.3 is 22.2 Å². The smallest absolute Gasteiger partial charge is 0.437 e. The van der Waals surface area contributed by atoms with Gasteiger partial charge in [-0.2, -0.15) is 39.5 Å². The number of alkyl halides is 9. The minimum absolute atomic E-state index is 0.00961. The van der Waals surface area contributed by atoms with Gasteiger partial charge in [-0.25, -0.2) is 0 Å². The largest absolute Gasteiger partial charge is 0.460 e. The molecule has 0 aliphatic carbocycles.